The molecule has 1 saturated heterocycles. The van der Waals surface area contributed by atoms with Crippen LogP contribution in [0.1, 0.15) is 35.2 Å². The number of thiazole rings is 1. The van der Waals surface area contributed by atoms with Crippen LogP contribution in [-0.2, 0) is 35.9 Å². The molecular weight excluding hydrogens is 602 g/mol. The Morgan fingerprint density at radius 1 is 1.19 bits per heavy atom. The minimum absolute atomic E-state index is 0.0208. The van der Waals surface area contributed by atoms with Crippen molar-refractivity contribution in [3.8, 4) is 11.5 Å². The van der Waals surface area contributed by atoms with Crippen LogP contribution >= 0.6 is 11.3 Å². The van der Waals surface area contributed by atoms with E-state index >= 15 is 0 Å². The van der Waals surface area contributed by atoms with Gasteiger partial charge in [0.2, 0.25) is 6.41 Å². The number of hydrogen-bond donors (Lipinski definition) is 6. The Kier molecular flexibility index (Phi) is 8.49. The van der Waals surface area contributed by atoms with E-state index in [1.807, 2.05) is 0 Å². The molecule has 0 unspecified atom stereocenters. The Hall–Kier alpha value is -4.95. The predicted octanol–water partition coefficient (Wildman–Crippen LogP) is -0.364. The van der Waals surface area contributed by atoms with Gasteiger partial charge in [-0.3, -0.25) is 18.9 Å². The average molecular weight is 624 g/mol. The lowest BCUT2D eigenvalue weighted by atomic mass is 10.0. The fourth-order valence-electron chi connectivity index (χ4n) is 3.89. The van der Waals surface area contributed by atoms with Gasteiger partial charge in [0.1, 0.15) is 18.3 Å². The smallest absolute Gasteiger partial charge is 0.362 e. The van der Waals surface area contributed by atoms with Crippen molar-refractivity contribution in [2.24, 2.45) is 5.16 Å². The van der Waals surface area contributed by atoms with Crippen LogP contribution < -0.4 is 10.6 Å². The summed E-state index contributed by atoms with van der Waals surface area (Å²) < 4.78 is 32.0. The molecule has 3 heterocycles. The van der Waals surface area contributed by atoms with E-state index in [0.717, 1.165) is 23.5 Å². The number of benzene rings is 1. The second kappa shape index (κ2) is 11.9. The fraction of sp³-hybridized carbons (Fsp3) is 0.273. The molecule has 222 valence electrons. The molecular formula is C22H21N7O11S2. The number of aryl methyl sites for hydroxylation is 1. The number of rotatable bonds is 12. The Morgan fingerprint density at radius 2 is 1.86 bits per heavy atom. The molecule has 4 rings (SSSR count). The number of phenolic OH excluding ortho intramolecular Hbond substituents is 2. The van der Waals surface area contributed by atoms with Gasteiger partial charge < -0.3 is 30.8 Å². The number of nitrogens with one attached hydrogen (secondary N) is 2. The molecule has 2 aromatic heterocycles. The first-order valence-electron chi connectivity index (χ1n) is 11.7. The third-order valence-electron chi connectivity index (χ3n) is 5.86. The summed E-state index contributed by atoms with van der Waals surface area (Å²) in [6.07, 6.45) is 0.506. The number of hydrogen-bond acceptors (Lipinski definition) is 14. The number of aromatic carboxylic acids is 1. The largest absolute Gasteiger partial charge is 0.504 e. The van der Waals surface area contributed by atoms with E-state index in [0.29, 0.717) is 6.41 Å². The molecule has 2 atom stereocenters. The lowest BCUT2D eigenvalue weighted by Crippen LogP contribution is -2.71. The van der Waals surface area contributed by atoms with Gasteiger partial charge in [-0.15, -0.1) is 11.3 Å². The average Bonchev–Trinajstić information content (AvgIpc) is 3.37. The van der Waals surface area contributed by atoms with E-state index < -0.39 is 57.4 Å². The quantitative estimate of drug-likeness (QED) is 0.0286. The predicted molar refractivity (Wildman–Crippen MR) is 142 cm³/mol. The maximum absolute atomic E-state index is 13.0. The van der Waals surface area contributed by atoms with Crippen molar-refractivity contribution in [2.75, 3.05) is 11.9 Å². The van der Waals surface area contributed by atoms with Crippen molar-refractivity contribution in [2.45, 2.75) is 31.8 Å². The molecule has 0 aliphatic carbocycles. The highest BCUT2D eigenvalue weighted by Gasteiger charge is 2.51. The number of nitrogens with zero attached hydrogens (tertiary/aromatic N) is 5. The molecule has 1 aliphatic rings. The molecule has 18 nitrogen and oxygen atoms in total. The molecule has 0 bridgehead atoms. The van der Waals surface area contributed by atoms with Crippen LogP contribution in [0, 0.1) is 0 Å². The van der Waals surface area contributed by atoms with E-state index in [2.05, 4.69) is 30.7 Å². The molecule has 3 amide bonds. The third kappa shape index (κ3) is 6.19. The minimum atomic E-state index is -4.82. The van der Waals surface area contributed by atoms with Crippen LogP contribution in [0.5, 0.6) is 11.5 Å². The molecule has 1 aliphatic heterocycles. The molecule has 3 aromatic rings. The molecule has 0 saturated carbocycles. The van der Waals surface area contributed by atoms with Gasteiger partial charge in [0.25, 0.3) is 11.8 Å². The highest BCUT2D eigenvalue weighted by atomic mass is 32.2. The summed E-state index contributed by atoms with van der Waals surface area (Å²) in [6, 6.07) is -0.203. The number of oxime groups is 1. The molecule has 0 radical (unpaired) electrons. The van der Waals surface area contributed by atoms with Crippen molar-refractivity contribution < 1.29 is 52.3 Å². The third-order valence-corrected chi connectivity index (χ3v) is 7.64. The van der Waals surface area contributed by atoms with E-state index in [1.165, 1.54) is 12.3 Å². The van der Waals surface area contributed by atoms with Gasteiger partial charge in [-0.05, 0) is 19.8 Å². The van der Waals surface area contributed by atoms with Crippen LogP contribution in [0.4, 0.5) is 5.13 Å². The summed E-state index contributed by atoms with van der Waals surface area (Å²) in [4.78, 5) is 65.1. The number of aromatic hydroxyl groups is 2. The zero-order valence-corrected chi connectivity index (χ0v) is 22.9. The first kappa shape index (κ1) is 30.0. The van der Waals surface area contributed by atoms with E-state index in [1.54, 1.807) is 0 Å². The Morgan fingerprint density at radius 3 is 2.45 bits per heavy atom. The number of anilines is 1. The number of fused-ring (bicyclic) bond motifs is 1. The van der Waals surface area contributed by atoms with Crippen molar-refractivity contribution >= 4 is 67.7 Å². The molecule has 20 heteroatoms. The monoisotopic (exact) mass is 623 g/mol. The highest BCUT2D eigenvalue weighted by molar-refractivity contribution is 7.84. The van der Waals surface area contributed by atoms with E-state index in [4.69, 9.17) is 9.39 Å². The van der Waals surface area contributed by atoms with Gasteiger partial charge in [-0.1, -0.05) is 5.16 Å². The van der Waals surface area contributed by atoms with Gasteiger partial charge in [0.15, 0.2) is 28.0 Å². The van der Waals surface area contributed by atoms with Gasteiger partial charge in [-0.2, -0.15) is 8.42 Å². The normalized spacial score (nSPS) is 17.0. The SMILES string of the molecule is C[C@H]1[C@@H](NC(=O)/C(=N\OCCCc2nc3cc(O)c(O)cc3nc2C(=O)O)c2csc(NC=O)n2)C(=O)N1S(=O)(=O)O. The summed E-state index contributed by atoms with van der Waals surface area (Å²) in [5, 5.41) is 38.8. The van der Waals surface area contributed by atoms with E-state index in [-0.39, 0.29) is 57.0 Å². The maximum atomic E-state index is 13.0. The Balaban J connectivity index is 1.48. The molecule has 1 aromatic carbocycles. The lowest BCUT2D eigenvalue weighted by Gasteiger charge is -2.42. The molecule has 42 heavy (non-hydrogen) atoms. The topological polar surface area (TPSA) is 271 Å². The number of aromatic nitrogens is 3. The molecule has 6 N–H and O–H groups in total. The van der Waals surface area contributed by atoms with Gasteiger partial charge in [0.05, 0.1) is 22.8 Å². The van der Waals surface area contributed by atoms with Crippen LogP contribution in [0.15, 0.2) is 22.7 Å². The summed E-state index contributed by atoms with van der Waals surface area (Å²) in [5.74, 6) is -4.38. The second-order valence-corrected chi connectivity index (χ2v) is 10.8. The zero-order chi connectivity index (χ0) is 30.8. The van der Waals surface area contributed by atoms with E-state index in [9.17, 15) is 42.9 Å². The first-order chi connectivity index (χ1) is 19.8. The number of carboxylic acid groups (broad SMARTS) is 1. The number of carboxylic acids is 1. The van der Waals surface area contributed by atoms with Crippen LogP contribution in [0.2, 0.25) is 0 Å². The summed E-state index contributed by atoms with van der Waals surface area (Å²) in [5.41, 5.74) is -0.623. The summed E-state index contributed by atoms with van der Waals surface area (Å²) >= 11 is 0.950. The number of β-lactam (4-membered cyclic amide) rings is 1. The zero-order valence-electron chi connectivity index (χ0n) is 21.3. The summed E-state index contributed by atoms with van der Waals surface area (Å²) in [6.45, 7) is 1.11. The Labute approximate surface area is 239 Å². The lowest BCUT2D eigenvalue weighted by molar-refractivity contribution is -0.143. The number of carbonyl (C=O) groups is 4. The fourth-order valence-corrected chi connectivity index (χ4v) is 5.43. The number of phenols is 2. The van der Waals surface area contributed by atoms with Crippen LogP contribution in [0.3, 0.4) is 0 Å². The Bertz CT molecular complexity index is 1720. The van der Waals surface area contributed by atoms with Crippen molar-refractivity contribution in [1.82, 2.24) is 24.6 Å². The molecule has 1 fully saturated rings. The van der Waals surface area contributed by atoms with Crippen molar-refractivity contribution in [3.63, 3.8) is 0 Å². The standard InChI is InChI=1S/C22H21N7O11S2/c1-9-16(20(34)29(9)42(37,38)39)27-19(33)17(13-7-41-22(26-13)23-8-30)28-40-4-2-3-10-18(21(35)36)25-12-6-15(32)14(31)5-11(12)24-10/h5-9,16,31-32H,2-4H2,1H3,(H,27,33)(H,35,36)(H,23,26,30)(H,37,38,39)/b28-17-/t9-,16+/m0/s1. The van der Waals surface area contributed by atoms with Gasteiger partial charge in [-0.25, -0.2) is 24.1 Å². The minimum Gasteiger partial charge on any atom is -0.504 e. The second-order valence-electron chi connectivity index (χ2n) is 8.63. The number of carbonyl (C=O) groups excluding carboxylic acids is 3. The first-order valence-corrected chi connectivity index (χ1v) is 14.0. The molecule has 0 spiro atoms. The van der Waals surface area contributed by atoms with Gasteiger partial charge in [0, 0.05) is 17.5 Å². The van der Waals surface area contributed by atoms with Crippen LogP contribution in [0.25, 0.3) is 11.0 Å². The van der Waals surface area contributed by atoms with Gasteiger partial charge >= 0.3 is 16.3 Å². The summed E-state index contributed by atoms with van der Waals surface area (Å²) in [7, 11) is -4.82. The van der Waals surface area contributed by atoms with Crippen molar-refractivity contribution in [1.29, 1.82) is 0 Å². The van der Waals surface area contributed by atoms with Crippen molar-refractivity contribution in [3.05, 3.63) is 34.6 Å². The maximum Gasteiger partial charge on any atom is 0.362 e. The van der Waals surface area contributed by atoms with Crippen LogP contribution in [-0.4, -0.2) is 96.1 Å². The highest BCUT2D eigenvalue weighted by Crippen LogP contribution is 2.29. The number of amides is 3.